The van der Waals surface area contributed by atoms with Gasteiger partial charge in [0.2, 0.25) is 0 Å². The van der Waals surface area contributed by atoms with Crippen molar-refractivity contribution in [2.75, 3.05) is 12.4 Å². The third-order valence-corrected chi connectivity index (χ3v) is 2.88. The van der Waals surface area contributed by atoms with Crippen LogP contribution >= 0.6 is 23.2 Å². The summed E-state index contributed by atoms with van der Waals surface area (Å²) >= 11 is 12.0. The highest BCUT2D eigenvalue weighted by atomic mass is 35.5. The van der Waals surface area contributed by atoms with Gasteiger partial charge in [0, 0.05) is 13.2 Å². The first kappa shape index (κ1) is 14.5. The topological polar surface area (TPSA) is 70.8 Å². The minimum atomic E-state index is 0.260. The van der Waals surface area contributed by atoms with Crippen LogP contribution in [0.1, 0.15) is 11.4 Å². The van der Waals surface area contributed by atoms with Crippen LogP contribution in [0.2, 0.25) is 10.2 Å². The SMILES string of the molecule is COCc1nc(Cl)cc(Nc2ccc(C#N)cc2Cl)n1. The number of anilines is 2. The number of methoxy groups -OCH3 is 1. The molecule has 20 heavy (non-hydrogen) atoms. The monoisotopic (exact) mass is 308 g/mol. The Morgan fingerprint density at radius 1 is 1.30 bits per heavy atom. The molecule has 0 fully saturated rings. The molecular weight excluding hydrogens is 299 g/mol. The predicted octanol–water partition coefficient (Wildman–Crippen LogP) is 3.55. The van der Waals surface area contributed by atoms with Crippen molar-refractivity contribution in [3.63, 3.8) is 0 Å². The van der Waals surface area contributed by atoms with Crippen molar-refractivity contribution >= 4 is 34.7 Å². The summed E-state index contributed by atoms with van der Waals surface area (Å²) in [6, 6.07) is 8.53. The van der Waals surface area contributed by atoms with Gasteiger partial charge >= 0.3 is 0 Å². The Kier molecular flexibility index (Phi) is 4.74. The Labute approximate surface area is 126 Å². The van der Waals surface area contributed by atoms with E-state index >= 15 is 0 Å². The van der Waals surface area contributed by atoms with Crippen LogP contribution in [0.5, 0.6) is 0 Å². The fourth-order valence-electron chi connectivity index (χ4n) is 1.55. The van der Waals surface area contributed by atoms with E-state index in [9.17, 15) is 0 Å². The molecule has 0 saturated carbocycles. The van der Waals surface area contributed by atoms with E-state index in [1.165, 1.54) is 0 Å². The number of rotatable bonds is 4. The zero-order valence-corrected chi connectivity index (χ0v) is 12.0. The Bertz CT molecular complexity index is 670. The normalized spacial score (nSPS) is 10.1. The zero-order chi connectivity index (χ0) is 14.5. The van der Waals surface area contributed by atoms with Crippen LogP contribution in [-0.2, 0) is 11.3 Å². The fraction of sp³-hybridized carbons (Fsp3) is 0.154. The molecule has 0 bridgehead atoms. The Morgan fingerprint density at radius 3 is 2.75 bits per heavy atom. The van der Waals surface area contributed by atoms with Gasteiger partial charge in [0.25, 0.3) is 0 Å². The molecular formula is C13H10Cl2N4O. The summed E-state index contributed by atoms with van der Waals surface area (Å²) in [5.74, 6) is 0.968. The number of nitriles is 1. The molecule has 0 aliphatic rings. The minimum Gasteiger partial charge on any atom is -0.377 e. The molecule has 0 saturated heterocycles. The molecule has 0 atom stereocenters. The largest absolute Gasteiger partial charge is 0.377 e. The molecule has 1 aromatic carbocycles. The number of aromatic nitrogens is 2. The van der Waals surface area contributed by atoms with E-state index in [4.69, 9.17) is 33.2 Å². The van der Waals surface area contributed by atoms with E-state index in [1.807, 2.05) is 6.07 Å². The number of nitrogens with one attached hydrogen (secondary N) is 1. The number of nitrogens with zero attached hydrogens (tertiary/aromatic N) is 3. The van der Waals surface area contributed by atoms with Crippen molar-refractivity contribution in [2.24, 2.45) is 0 Å². The number of benzene rings is 1. The predicted molar refractivity (Wildman–Crippen MR) is 77.2 cm³/mol. The molecule has 1 aromatic heterocycles. The summed E-state index contributed by atoms with van der Waals surface area (Å²) in [5.41, 5.74) is 1.12. The Hall–Kier alpha value is -1.87. The van der Waals surface area contributed by atoms with Crippen LogP contribution in [0, 0.1) is 11.3 Å². The second-order valence-electron chi connectivity index (χ2n) is 3.86. The van der Waals surface area contributed by atoms with Gasteiger partial charge in [-0.15, -0.1) is 0 Å². The van der Waals surface area contributed by atoms with E-state index in [0.29, 0.717) is 33.1 Å². The van der Waals surface area contributed by atoms with Gasteiger partial charge in [-0.2, -0.15) is 5.26 Å². The molecule has 2 aromatic rings. The first-order valence-corrected chi connectivity index (χ1v) is 6.37. The summed E-state index contributed by atoms with van der Waals surface area (Å²) in [6.07, 6.45) is 0. The van der Waals surface area contributed by atoms with Gasteiger partial charge in [-0.05, 0) is 18.2 Å². The molecule has 0 aliphatic heterocycles. The minimum absolute atomic E-state index is 0.260. The van der Waals surface area contributed by atoms with Crippen LogP contribution in [0.4, 0.5) is 11.5 Å². The second kappa shape index (κ2) is 6.53. The number of hydrogen-bond acceptors (Lipinski definition) is 5. The maximum atomic E-state index is 8.79. The highest BCUT2D eigenvalue weighted by Crippen LogP contribution is 2.26. The van der Waals surface area contributed by atoms with Gasteiger partial charge < -0.3 is 10.1 Å². The van der Waals surface area contributed by atoms with Gasteiger partial charge in [0.15, 0.2) is 5.82 Å². The molecule has 1 heterocycles. The standard InChI is InChI=1S/C13H10Cl2N4O/c1-20-7-13-18-11(15)5-12(19-13)17-10-3-2-8(6-16)4-9(10)14/h2-5H,7H2,1H3,(H,17,18,19). The van der Waals surface area contributed by atoms with Gasteiger partial charge in [0.05, 0.1) is 22.3 Å². The van der Waals surface area contributed by atoms with E-state index in [2.05, 4.69) is 15.3 Å². The van der Waals surface area contributed by atoms with Crippen molar-refractivity contribution < 1.29 is 4.74 Å². The van der Waals surface area contributed by atoms with Crippen molar-refractivity contribution in [1.29, 1.82) is 5.26 Å². The average molecular weight is 309 g/mol. The van der Waals surface area contributed by atoms with Crippen molar-refractivity contribution in [3.05, 3.63) is 45.8 Å². The summed E-state index contributed by atoms with van der Waals surface area (Å²) < 4.78 is 4.97. The van der Waals surface area contributed by atoms with Crippen molar-refractivity contribution in [2.45, 2.75) is 6.61 Å². The van der Waals surface area contributed by atoms with E-state index < -0.39 is 0 Å². The average Bonchev–Trinajstić information content (AvgIpc) is 2.41. The van der Waals surface area contributed by atoms with Crippen LogP contribution in [0.25, 0.3) is 0 Å². The number of ether oxygens (including phenoxy) is 1. The molecule has 0 radical (unpaired) electrons. The van der Waals surface area contributed by atoms with Crippen LogP contribution in [0.15, 0.2) is 24.3 Å². The van der Waals surface area contributed by atoms with Crippen LogP contribution < -0.4 is 5.32 Å². The lowest BCUT2D eigenvalue weighted by Gasteiger charge is -2.09. The molecule has 0 unspecified atom stereocenters. The second-order valence-corrected chi connectivity index (χ2v) is 4.65. The summed E-state index contributed by atoms with van der Waals surface area (Å²) in [7, 11) is 1.55. The molecule has 7 heteroatoms. The third-order valence-electron chi connectivity index (χ3n) is 2.38. The highest BCUT2D eigenvalue weighted by Gasteiger charge is 2.06. The van der Waals surface area contributed by atoms with Gasteiger partial charge in [-0.1, -0.05) is 23.2 Å². The maximum absolute atomic E-state index is 8.79. The molecule has 1 N–H and O–H groups in total. The van der Waals surface area contributed by atoms with Crippen molar-refractivity contribution in [3.8, 4) is 6.07 Å². The van der Waals surface area contributed by atoms with E-state index in [0.717, 1.165) is 0 Å². The number of hydrogen-bond donors (Lipinski definition) is 1. The Balaban J connectivity index is 2.28. The van der Waals surface area contributed by atoms with Crippen molar-refractivity contribution in [1.82, 2.24) is 9.97 Å². The number of halogens is 2. The van der Waals surface area contributed by atoms with Crippen LogP contribution in [-0.4, -0.2) is 17.1 Å². The molecule has 102 valence electrons. The third kappa shape index (κ3) is 3.58. The summed E-state index contributed by atoms with van der Waals surface area (Å²) in [4.78, 5) is 8.28. The van der Waals surface area contributed by atoms with Gasteiger partial charge in [-0.25, -0.2) is 9.97 Å². The highest BCUT2D eigenvalue weighted by molar-refractivity contribution is 6.33. The fourth-order valence-corrected chi connectivity index (χ4v) is 1.98. The lowest BCUT2D eigenvalue weighted by molar-refractivity contribution is 0.178. The smallest absolute Gasteiger partial charge is 0.158 e. The molecule has 2 rings (SSSR count). The first-order valence-electron chi connectivity index (χ1n) is 5.61. The first-order chi connectivity index (χ1) is 9.62. The van der Waals surface area contributed by atoms with E-state index in [1.54, 1.807) is 31.4 Å². The van der Waals surface area contributed by atoms with Crippen LogP contribution in [0.3, 0.4) is 0 Å². The zero-order valence-electron chi connectivity index (χ0n) is 10.5. The molecule has 0 spiro atoms. The Morgan fingerprint density at radius 2 is 2.10 bits per heavy atom. The molecule has 0 amide bonds. The quantitative estimate of drug-likeness (QED) is 0.875. The summed E-state index contributed by atoms with van der Waals surface area (Å²) in [5, 5.41) is 12.6. The lowest BCUT2D eigenvalue weighted by atomic mass is 10.2. The molecule has 0 aliphatic carbocycles. The lowest BCUT2D eigenvalue weighted by Crippen LogP contribution is -2.02. The molecule has 5 nitrogen and oxygen atoms in total. The summed E-state index contributed by atoms with van der Waals surface area (Å²) in [6.45, 7) is 0.260. The van der Waals surface area contributed by atoms with Gasteiger partial charge in [-0.3, -0.25) is 0 Å². The van der Waals surface area contributed by atoms with Gasteiger partial charge in [0.1, 0.15) is 17.6 Å². The maximum Gasteiger partial charge on any atom is 0.158 e. The van der Waals surface area contributed by atoms with E-state index in [-0.39, 0.29) is 6.61 Å².